The van der Waals surface area contributed by atoms with Gasteiger partial charge in [-0.25, -0.2) is 9.59 Å². The molecule has 8 nitrogen and oxygen atoms in total. The minimum atomic E-state index is -1.18. The average molecular weight is 569 g/mol. The molecule has 42 heavy (non-hydrogen) atoms. The van der Waals surface area contributed by atoms with Crippen LogP contribution in [0.25, 0.3) is 0 Å². The van der Waals surface area contributed by atoms with E-state index in [1.165, 1.54) is 0 Å². The van der Waals surface area contributed by atoms with E-state index in [-0.39, 0.29) is 6.61 Å². The Morgan fingerprint density at radius 1 is 0.643 bits per heavy atom. The van der Waals surface area contributed by atoms with Gasteiger partial charge in [-0.15, -0.1) is 0 Å². The number of ether oxygens (including phenoxy) is 6. The maximum Gasteiger partial charge on any atom is 0.338 e. The minimum Gasteiger partial charge on any atom is -0.497 e. The summed E-state index contributed by atoms with van der Waals surface area (Å²) in [7, 11) is 1.57. The molecular weight excluding hydrogens is 536 g/mol. The topological polar surface area (TPSA) is 89.5 Å². The lowest BCUT2D eigenvalue weighted by atomic mass is 9.98. The highest BCUT2D eigenvalue weighted by Crippen LogP contribution is 2.32. The molecule has 1 aliphatic heterocycles. The highest BCUT2D eigenvalue weighted by atomic mass is 16.7. The smallest absolute Gasteiger partial charge is 0.338 e. The lowest BCUT2D eigenvalue weighted by Gasteiger charge is -2.44. The van der Waals surface area contributed by atoms with Gasteiger partial charge in [0.15, 0.2) is 6.10 Å². The van der Waals surface area contributed by atoms with E-state index in [4.69, 9.17) is 28.4 Å². The molecular formula is C34H32O8. The van der Waals surface area contributed by atoms with Crippen molar-refractivity contribution < 1.29 is 38.0 Å². The van der Waals surface area contributed by atoms with E-state index in [1.807, 2.05) is 36.4 Å². The van der Waals surface area contributed by atoms with E-state index in [0.717, 1.165) is 5.56 Å². The van der Waals surface area contributed by atoms with Crippen molar-refractivity contribution in [2.24, 2.45) is 0 Å². The second-order valence-electron chi connectivity index (χ2n) is 9.74. The van der Waals surface area contributed by atoms with Crippen molar-refractivity contribution in [2.75, 3.05) is 7.11 Å². The van der Waals surface area contributed by atoms with Gasteiger partial charge in [0.2, 0.25) is 12.4 Å². The first-order valence-electron chi connectivity index (χ1n) is 13.7. The molecule has 5 rings (SSSR count). The van der Waals surface area contributed by atoms with Gasteiger partial charge in [0, 0.05) is 0 Å². The van der Waals surface area contributed by atoms with Crippen LogP contribution in [0.5, 0.6) is 11.5 Å². The van der Waals surface area contributed by atoms with Gasteiger partial charge in [0.25, 0.3) is 0 Å². The molecule has 216 valence electrons. The molecule has 0 saturated carbocycles. The van der Waals surface area contributed by atoms with Gasteiger partial charge < -0.3 is 28.4 Å². The van der Waals surface area contributed by atoms with E-state index in [2.05, 4.69) is 0 Å². The van der Waals surface area contributed by atoms with Crippen LogP contribution in [0.1, 0.15) is 33.2 Å². The van der Waals surface area contributed by atoms with Crippen LogP contribution in [0.2, 0.25) is 0 Å². The van der Waals surface area contributed by atoms with Crippen molar-refractivity contribution in [3.63, 3.8) is 0 Å². The summed E-state index contributed by atoms with van der Waals surface area (Å²) < 4.78 is 36.1. The van der Waals surface area contributed by atoms with Crippen molar-refractivity contribution in [3.05, 3.63) is 132 Å². The summed E-state index contributed by atoms with van der Waals surface area (Å²) in [5.74, 6) is -0.112. The second kappa shape index (κ2) is 13.8. The van der Waals surface area contributed by atoms with Crippen LogP contribution < -0.4 is 9.47 Å². The molecule has 0 spiro atoms. The van der Waals surface area contributed by atoms with Gasteiger partial charge in [0.05, 0.1) is 30.9 Å². The molecule has 0 aliphatic carbocycles. The van der Waals surface area contributed by atoms with Crippen LogP contribution >= 0.6 is 0 Å². The Hall–Kier alpha value is -4.66. The zero-order valence-electron chi connectivity index (χ0n) is 23.3. The highest BCUT2D eigenvalue weighted by molar-refractivity contribution is 5.90. The largest absolute Gasteiger partial charge is 0.497 e. The van der Waals surface area contributed by atoms with Crippen LogP contribution in [0.4, 0.5) is 0 Å². The van der Waals surface area contributed by atoms with Crippen LogP contribution in [0, 0.1) is 0 Å². The molecule has 0 N–H and O–H groups in total. The van der Waals surface area contributed by atoms with Gasteiger partial charge >= 0.3 is 11.9 Å². The molecule has 1 heterocycles. The van der Waals surface area contributed by atoms with Crippen molar-refractivity contribution in [3.8, 4) is 11.5 Å². The van der Waals surface area contributed by atoms with Gasteiger partial charge in [-0.3, -0.25) is 0 Å². The molecule has 0 aromatic heterocycles. The summed E-state index contributed by atoms with van der Waals surface area (Å²) in [6, 6.07) is 33.7. The van der Waals surface area contributed by atoms with E-state index < -0.39 is 42.6 Å². The van der Waals surface area contributed by atoms with Crippen molar-refractivity contribution in [1.82, 2.24) is 0 Å². The quantitative estimate of drug-likeness (QED) is 0.220. The summed E-state index contributed by atoms with van der Waals surface area (Å²) in [5.41, 5.74) is 1.60. The lowest BCUT2D eigenvalue weighted by molar-refractivity contribution is -0.277. The van der Waals surface area contributed by atoms with Gasteiger partial charge in [-0.2, -0.15) is 0 Å². The van der Waals surface area contributed by atoms with Gasteiger partial charge in [-0.05, 0) is 61.0 Å². The van der Waals surface area contributed by atoms with Crippen molar-refractivity contribution in [1.29, 1.82) is 0 Å². The fraction of sp³-hybridized carbons (Fsp3) is 0.235. The normalized spacial score (nSPS) is 21.6. The fourth-order valence-corrected chi connectivity index (χ4v) is 4.64. The molecule has 0 amide bonds. The number of carbonyl (C=O) groups excluding carboxylic acids is 2. The molecule has 8 heteroatoms. The lowest BCUT2D eigenvalue weighted by Crippen LogP contribution is -2.61. The molecule has 0 bridgehead atoms. The molecule has 4 aromatic carbocycles. The van der Waals surface area contributed by atoms with Gasteiger partial charge in [-0.1, -0.05) is 66.7 Å². The third-order valence-electron chi connectivity index (χ3n) is 6.83. The summed E-state index contributed by atoms with van der Waals surface area (Å²) >= 11 is 0. The third-order valence-corrected chi connectivity index (χ3v) is 6.83. The van der Waals surface area contributed by atoms with Crippen LogP contribution in [0.3, 0.4) is 0 Å². The Kier molecular flexibility index (Phi) is 9.48. The Labute approximate surface area is 244 Å². The molecule has 1 saturated heterocycles. The SMILES string of the molecule is COc1ccc(O[C@@H]2O[C@@H](C)[C@H](OCc3ccccc3)[C@@H](OC(=O)c3ccccc3)[C@H]2OC(=O)c2ccccc2)cc1. The number of hydrogen-bond donors (Lipinski definition) is 0. The van der Waals surface area contributed by atoms with Crippen LogP contribution in [0.15, 0.2) is 115 Å². The minimum absolute atomic E-state index is 0.224. The monoisotopic (exact) mass is 568 g/mol. The Balaban J connectivity index is 1.48. The number of methoxy groups -OCH3 is 1. The number of esters is 2. The summed E-state index contributed by atoms with van der Waals surface area (Å²) in [6.07, 6.45) is -4.75. The van der Waals surface area contributed by atoms with Crippen molar-refractivity contribution >= 4 is 11.9 Å². The number of carbonyl (C=O) groups is 2. The number of benzene rings is 4. The molecule has 0 unspecified atom stereocenters. The van der Waals surface area contributed by atoms with E-state index in [1.54, 1.807) is 92.9 Å². The zero-order valence-corrected chi connectivity index (χ0v) is 23.3. The first-order valence-corrected chi connectivity index (χ1v) is 13.7. The molecule has 0 radical (unpaired) electrons. The first kappa shape index (κ1) is 28.9. The third kappa shape index (κ3) is 7.15. The second-order valence-corrected chi connectivity index (χ2v) is 9.74. The van der Waals surface area contributed by atoms with Crippen LogP contribution in [-0.2, 0) is 25.6 Å². The van der Waals surface area contributed by atoms with Crippen LogP contribution in [-0.4, -0.2) is 49.8 Å². The van der Waals surface area contributed by atoms with Gasteiger partial charge in [0.1, 0.15) is 17.6 Å². The maximum absolute atomic E-state index is 13.4. The summed E-state index contributed by atoms with van der Waals surface area (Å²) in [5, 5.41) is 0. The van der Waals surface area contributed by atoms with E-state index >= 15 is 0 Å². The first-order chi connectivity index (χ1) is 20.5. The predicted octanol–water partition coefficient (Wildman–Crippen LogP) is 5.86. The molecule has 5 atom stereocenters. The maximum atomic E-state index is 13.4. The number of rotatable bonds is 10. The Bertz CT molecular complexity index is 1430. The predicted molar refractivity (Wildman–Crippen MR) is 154 cm³/mol. The molecule has 1 fully saturated rings. The average Bonchev–Trinajstić information content (AvgIpc) is 3.04. The zero-order chi connectivity index (χ0) is 29.3. The number of hydrogen-bond acceptors (Lipinski definition) is 8. The highest BCUT2D eigenvalue weighted by Gasteiger charge is 2.51. The standard InChI is InChI=1S/C34H32O8/c1-23-29(38-22-24-12-6-3-7-13-24)30(41-32(35)25-14-8-4-9-15-25)31(42-33(36)26-16-10-5-11-17-26)34(39-23)40-28-20-18-27(37-2)19-21-28/h3-21,23,29-31,34H,22H2,1-2H3/t23-,29-,30+,31+,34-/m0/s1. The van der Waals surface area contributed by atoms with E-state index in [9.17, 15) is 9.59 Å². The Morgan fingerprint density at radius 2 is 1.14 bits per heavy atom. The fourth-order valence-electron chi connectivity index (χ4n) is 4.64. The summed E-state index contributed by atoms with van der Waals surface area (Å²) in [6.45, 7) is 2.03. The van der Waals surface area contributed by atoms with E-state index in [0.29, 0.717) is 22.6 Å². The van der Waals surface area contributed by atoms with Crippen molar-refractivity contribution in [2.45, 2.75) is 44.2 Å². The Morgan fingerprint density at radius 3 is 1.69 bits per heavy atom. The molecule has 4 aromatic rings. The summed E-state index contributed by atoms with van der Waals surface area (Å²) in [4.78, 5) is 26.7. The molecule has 1 aliphatic rings.